The van der Waals surface area contributed by atoms with E-state index in [9.17, 15) is 9.59 Å². The van der Waals surface area contributed by atoms with E-state index in [0.717, 1.165) is 11.5 Å². The van der Waals surface area contributed by atoms with Crippen molar-refractivity contribution in [2.45, 2.75) is 39.8 Å². The van der Waals surface area contributed by atoms with Gasteiger partial charge in [0, 0.05) is 19.6 Å². The molecule has 1 unspecified atom stereocenters. The van der Waals surface area contributed by atoms with Crippen molar-refractivity contribution in [1.29, 1.82) is 0 Å². The minimum Gasteiger partial charge on any atom is -0.382 e. The average Bonchev–Trinajstić information content (AvgIpc) is 2.77. The van der Waals surface area contributed by atoms with Crippen LogP contribution in [0.25, 0.3) is 0 Å². The highest BCUT2D eigenvalue weighted by Crippen LogP contribution is 2.27. The minimum absolute atomic E-state index is 0.00469. The molecule has 0 aliphatic carbocycles. The van der Waals surface area contributed by atoms with Gasteiger partial charge in [0.1, 0.15) is 16.6 Å². The van der Waals surface area contributed by atoms with Crippen LogP contribution >= 0.6 is 11.5 Å². The predicted octanol–water partition coefficient (Wildman–Crippen LogP) is 1.14. The molecule has 1 atom stereocenters. The van der Waals surface area contributed by atoms with Gasteiger partial charge in [-0.1, -0.05) is 0 Å². The Labute approximate surface area is 129 Å². The van der Waals surface area contributed by atoms with Crippen molar-refractivity contribution in [2.24, 2.45) is 0 Å². The van der Waals surface area contributed by atoms with Gasteiger partial charge in [-0.25, -0.2) is 0 Å². The van der Waals surface area contributed by atoms with Gasteiger partial charge in [-0.2, -0.15) is 4.37 Å². The summed E-state index contributed by atoms with van der Waals surface area (Å²) in [6.45, 7) is 7.99. The zero-order chi connectivity index (χ0) is 16.2. The van der Waals surface area contributed by atoms with Crippen LogP contribution in [0.1, 0.15) is 38.1 Å². The maximum atomic E-state index is 12.1. The first-order valence-corrected chi connectivity index (χ1v) is 7.62. The first-order valence-electron chi connectivity index (χ1n) is 6.85. The number of amides is 2. The van der Waals surface area contributed by atoms with Crippen molar-refractivity contribution >= 4 is 34.2 Å². The summed E-state index contributed by atoms with van der Waals surface area (Å²) in [7, 11) is 1.73. The fourth-order valence-electron chi connectivity index (χ4n) is 1.70. The third-order valence-corrected chi connectivity index (χ3v) is 3.73. The summed E-state index contributed by atoms with van der Waals surface area (Å²) in [5.41, 5.74) is 6.06. The molecule has 0 bridgehead atoms. The molecule has 0 spiro atoms. The molecule has 118 valence electrons. The lowest BCUT2D eigenvalue weighted by atomic mass is 10.2. The summed E-state index contributed by atoms with van der Waals surface area (Å²) in [5, 5.41) is 6.31. The largest absolute Gasteiger partial charge is 0.382 e. The topological polar surface area (TPSA) is 100 Å². The van der Waals surface area contributed by atoms with Gasteiger partial charge in [-0.3, -0.25) is 9.59 Å². The molecule has 1 rings (SSSR count). The summed E-state index contributed by atoms with van der Waals surface area (Å²) < 4.78 is 3.99. The Morgan fingerprint density at radius 3 is 2.52 bits per heavy atom. The van der Waals surface area contributed by atoms with Crippen LogP contribution in [0, 0.1) is 0 Å². The molecule has 0 saturated carbocycles. The minimum atomic E-state index is -0.458. The quantitative estimate of drug-likeness (QED) is 0.731. The third-order valence-electron chi connectivity index (χ3n) is 2.93. The highest BCUT2D eigenvalue weighted by Gasteiger charge is 2.23. The standard InChI is InChI=1S/C13H23N5O2S/c1-6-18(5)13(20)8(4)16-12-9(10(14)17-21-12)11(19)15-7(2)3/h7-8,16H,6H2,1-5H3,(H2,14,17)(H,15,19). The van der Waals surface area contributed by atoms with Gasteiger partial charge in [0.25, 0.3) is 5.91 Å². The van der Waals surface area contributed by atoms with E-state index in [1.165, 1.54) is 0 Å². The highest BCUT2D eigenvalue weighted by molar-refractivity contribution is 7.11. The van der Waals surface area contributed by atoms with Gasteiger partial charge in [0.15, 0.2) is 5.82 Å². The van der Waals surface area contributed by atoms with Gasteiger partial charge >= 0.3 is 0 Å². The molecular weight excluding hydrogens is 290 g/mol. The number of hydrogen-bond donors (Lipinski definition) is 3. The number of aromatic nitrogens is 1. The Kier molecular flexibility index (Phi) is 5.95. The van der Waals surface area contributed by atoms with E-state index in [0.29, 0.717) is 17.1 Å². The first kappa shape index (κ1) is 17.2. The number of hydrogen-bond acceptors (Lipinski definition) is 6. The number of rotatable bonds is 6. The molecule has 21 heavy (non-hydrogen) atoms. The number of anilines is 2. The van der Waals surface area contributed by atoms with Crippen LogP contribution in [0.3, 0.4) is 0 Å². The highest BCUT2D eigenvalue weighted by atomic mass is 32.1. The SMILES string of the molecule is CCN(C)C(=O)C(C)Nc1snc(N)c1C(=O)NC(C)C. The number of nitrogens with zero attached hydrogens (tertiary/aromatic N) is 2. The van der Waals surface area contributed by atoms with Crippen LogP contribution in [-0.4, -0.2) is 46.8 Å². The monoisotopic (exact) mass is 313 g/mol. The zero-order valence-corrected chi connectivity index (χ0v) is 13.9. The Bertz CT molecular complexity index is 515. The molecule has 0 aliphatic heterocycles. The fourth-order valence-corrected chi connectivity index (χ4v) is 2.50. The van der Waals surface area contributed by atoms with Crippen molar-refractivity contribution < 1.29 is 9.59 Å². The molecule has 8 heteroatoms. The smallest absolute Gasteiger partial charge is 0.258 e. The van der Waals surface area contributed by atoms with Gasteiger partial charge < -0.3 is 21.3 Å². The van der Waals surface area contributed by atoms with Crippen LogP contribution in [-0.2, 0) is 4.79 Å². The van der Waals surface area contributed by atoms with Crippen molar-refractivity contribution in [3.8, 4) is 0 Å². The van der Waals surface area contributed by atoms with E-state index in [1.54, 1.807) is 18.9 Å². The summed E-state index contributed by atoms with van der Waals surface area (Å²) in [6, 6.07) is -0.463. The van der Waals surface area contributed by atoms with Gasteiger partial charge in [-0.15, -0.1) is 0 Å². The Hall–Kier alpha value is -1.83. The number of nitrogens with one attached hydrogen (secondary N) is 2. The first-order chi connectivity index (χ1) is 9.77. The average molecular weight is 313 g/mol. The Balaban J connectivity index is 2.90. The molecule has 1 aromatic heterocycles. The molecule has 1 heterocycles. The maximum Gasteiger partial charge on any atom is 0.258 e. The molecular formula is C13H23N5O2S. The number of nitrogens with two attached hydrogens (primary N) is 1. The molecule has 0 radical (unpaired) electrons. The fraction of sp³-hybridized carbons (Fsp3) is 0.615. The maximum absolute atomic E-state index is 12.1. The normalized spacial score (nSPS) is 12.1. The number of carbonyl (C=O) groups excluding carboxylic acids is 2. The van der Waals surface area contributed by atoms with Crippen LogP contribution in [0.15, 0.2) is 0 Å². The van der Waals surface area contributed by atoms with E-state index >= 15 is 0 Å². The second kappa shape index (κ2) is 7.26. The van der Waals surface area contributed by atoms with Crippen molar-refractivity contribution in [2.75, 3.05) is 24.6 Å². The molecule has 4 N–H and O–H groups in total. The van der Waals surface area contributed by atoms with E-state index in [1.807, 2.05) is 20.8 Å². The number of likely N-dealkylation sites (N-methyl/N-ethyl adjacent to an activating group) is 1. The van der Waals surface area contributed by atoms with Crippen LogP contribution in [0.2, 0.25) is 0 Å². The lowest BCUT2D eigenvalue weighted by molar-refractivity contribution is -0.130. The number of nitrogen functional groups attached to an aromatic ring is 1. The lowest BCUT2D eigenvalue weighted by Crippen LogP contribution is -2.39. The van der Waals surface area contributed by atoms with E-state index in [2.05, 4.69) is 15.0 Å². The molecule has 2 amide bonds. The lowest BCUT2D eigenvalue weighted by Gasteiger charge is -2.21. The number of carbonyl (C=O) groups is 2. The molecule has 0 saturated heterocycles. The summed E-state index contributed by atoms with van der Waals surface area (Å²) in [6.07, 6.45) is 0. The third kappa shape index (κ3) is 4.32. The predicted molar refractivity (Wildman–Crippen MR) is 85.5 cm³/mol. The van der Waals surface area contributed by atoms with E-state index in [4.69, 9.17) is 5.73 Å². The second-order valence-electron chi connectivity index (χ2n) is 5.12. The van der Waals surface area contributed by atoms with E-state index in [-0.39, 0.29) is 23.7 Å². The summed E-state index contributed by atoms with van der Waals surface area (Å²) >= 11 is 1.08. The zero-order valence-electron chi connectivity index (χ0n) is 13.1. The summed E-state index contributed by atoms with van der Waals surface area (Å²) in [4.78, 5) is 25.8. The van der Waals surface area contributed by atoms with Gasteiger partial charge in [0.05, 0.1) is 0 Å². The molecule has 0 aromatic carbocycles. The Morgan fingerprint density at radius 2 is 2.00 bits per heavy atom. The molecule has 7 nitrogen and oxygen atoms in total. The van der Waals surface area contributed by atoms with Crippen molar-refractivity contribution in [3.63, 3.8) is 0 Å². The van der Waals surface area contributed by atoms with Crippen molar-refractivity contribution in [3.05, 3.63) is 5.56 Å². The molecule has 0 aliphatic rings. The van der Waals surface area contributed by atoms with Gasteiger partial charge in [-0.05, 0) is 39.2 Å². The van der Waals surface area contributed by atoms with Gasteiger partial charge in [0.2, 0.25) is 5.91 Å². The van der Waals surface area contributed by atoms with Crippen LogP contribution in [0.5, 0.6) is 0 Å². The Morgan fingerprint density at radius 1 is 1.38 bits per heavy atom. The molecule has 0 fully saturated rings. The second-order valence-corrected chi connectivity index (χ2v) is 5.89. The van der Waals surface area contributed by atoms with Crippen LogP contribution in [0.4, 0.5) is 10.8 Å². The van der Waals surface area contributed by atoms with Crippen molar-refractivity contribution in [1.82, 2.24) is 14.6 Å². The molecule has 1 aromatic rings. The summed E-state index contributed by atoms with van der Waals surface area (Å²) in [5.74, 6) is -0.175. The van der Waals surface area contributed by atoms with Crippen LogP contribution < -0.4 is 16.4 Å². The van der Waals surface area contributed by atoms with E-state index < -0.39 is 6.04 Å².